The summed E-state index contributed by atoms with van der Waals surface area (Å²) in [7, 11) is 0. The molecule has 2 atom stereocenters. The number of likely N-dealkylation sites (tertiary alicyclic amines) is 1. The summed E-state index contributed by atoms with van der Waals surface area (Å²) in [4.78, 5) is 14.8. The molecule has 3 nitrogen and oxygen atoms in total. The van der Waals surface area contributed by atoms with Gasteiger partial charge >= 0.3 is 0 Å². The molecule has 1 amide bonds. The van der Waals surface area contributed by atoms with Gasteiger partial charge in [0.2, 0.25) is 5.91 Å². The van der Waals surface area contributed by atoms with Crippen LogP contribution in [0.15, 0.2) is 30.3 Å². The van der Waals surface area contributed by atoms with E-state index in [0.29, 0.717) is 12.5 Å². The fourth-order valence-corrected chi connectivity index (χ4v) is 3.58. The third-order valence-electron chi connectivity index (χ3n) is 4.38. The maximum absolute atomic E-state index is 12.8. The minimum Gasteiger partial charge on any atom is -0.340 e. The molecule has 0 spiro atoms. The van der Waals surface area contributed by atoms with Gasteiger partial charge in [0.05, 0.1) is 0 Å². The van der Waals surface area contributed by atoms with E-state index >= 15 is 0 Å². The van der Waals surface area contributed by atoms with Crippen molar-refractivity contribution in [2.75, 3.05) is 13.1 Å². The Labute approximate surface area is 140 Å². The van der Waals surface area contributed by atoms with E-state index in [9.17, 15) is 4.79 Å². The average molecular weight is 325 g/mol. The molecule has 0 aliphatic carbocycles. The maximum Gasteiger partial charge on any atom is 0.228 e. The Hall–Kier alpha value is -1.06. The van der Waals surface area contributed by atoms with Crippen molar-refractivity contribution in [2.24, 2.45) is 17.1 Å². The topological polar surface area (TPSA) is 46.3 Å². The van der Waals surface area contributed by atoms with Gasteiger partial charge in [-0.05, 0) is 17.9 Å². The highest BCUT2D eigenvalue weighted by molar-refractivity contribution is 5.85. The zero-order valence-corrected chi connectivity index (χ0v) is 14.9. The SMILES string of the molecule is CC(C)CC(C)(C)C(=O)N1C[C@@H](N)[C@H](c2ccccc2)C1.Cl. The number of rotatable bonds is 4. The molecule has 0 radical (unpaired) electrons. The van der Waals surface area contributed by atoms with Crippen LogP contribution in [0.1, 0.15) is 45.6 Å². The molecule has 0 bridgehead atoms. The summed E-state index contributed by atoms with van der Waals surface area (Å²) in [6, 6.07) is 10.3. The van der Waals surface area contributed by atoms with Gasteiger partial charge in [0.25, 0.3) is 0 Å². The van der Waals surface area contributed by atoms with Crippen molar-refractivity contribution < 1.29 is 4.79 Å². The molecule has 2 N–H and O–H groups in total. The highest BCUT2D eigenvalue weighted by atomic mass is 35.5. The molecule has 0 unspecified atom stereocenters. The number of halogens is 1. The first-order valence-electron chi connectivity index (χ1n) is 7.91. The van der Waals surface area contributed by atoms with Crippen LogP contribution >= 0.6 is 12.4 Å². The van der Waals surface area contributed by atoms with E-state index in [2.05, 4.69) is 39.8 Å². The fourth-order valence-electron chi connectivity index (χ4n) is 3.58. The summed E-state index contributed by atoms with van der Waals surface area (Å²) in [6.07, 6.45) is 0.910. The fraction of sp³-hybridized carbons (Fsp3) is 0.611. The first-order chi connectivity index (χ1) is 9.81. The average Bonchev–Trinajstić information content (AvgIpc) is 2.79. The molecule has 22 heavy (non-hydrogen) atoms. The van der Waals surface area contributed by atoms with Gasteiger partial charge in [-0.15, -0.1) is 12.4 Å². The second-order valence-electron chi connectivity index (χ2n) is 7.37. The van der Waals surface area contributed by atoms with Gasteiger partial charge in [-0.3, -0.25) is 4.79 Å². The highest BCUT2D eigenvalue weighted by Gasteiger charge is 2.39. The van der Waals surface area contributed by atoms with Crippen LogP contribution in [0, 0.1) is 11.3 Å². The lowest BCUT2D eigenvalue weighted by molar-refractivity contribution is -0.140. The minimum atomic E-state index is -0.306. The number of carbonyl (C=O) groups is 1. The van der Waals surface area contributed by atoms with Gasteiger partial charge in [0.1, 0.15) is 0 Å². The van der Waals surface area contributed by atoms with Gasteiger partial charge in [-0.2, -0.15) is 0 Å². The minimum absolute atomic E-state index is 0. The Balaban J connectivity index is 0.00000242. The van der Waals surface area contributed by atoms with Crippen molar-refractivity contribution in [2.45, 2.75) is 46.1 Å². The number of carbonyl (C=O) groups excluding carboxylic acids is 1. The van der Waals surface area contributed by atoms with E-state index in [0.717, 1.165) is 13.0 Å². The first kappa shape index (κ1) is 19.0. The second-order valence-corrected chi connectivity index (χ2v) is 7.37. The molecule has 1 aliphatic rings. The first-order valence-corrected chi connectivity index (χ1v) is 7.91. The Kier molecular flexibility index (Phi) is 6.45. The van der Waals surface area contributed by atoms with Crippen molar-refractivity contribution in [1.29, 1.82) is 0 Å². The van der Waals surface area contributed by atoms with Crippen molar-refractivity contribution in [3.8, 4) is 0 Å². The molecule has 2 rings (SSSR count). The Morgan fingerprint density at radius 3 is 2.41 bits per heavy atom. The summed E-state index contributed by atoms with van der Waals surface area (Å²) >= 11 is 0. The lowest BCUT2D eigenvalue weighted by atomic mass is 9.82. The standard InChI is InChI=1S/C18H28N2O.ClH/c1-13(2)10-18(3,4)17(21)20-11-15(16(19)12-20)14-8-6-5-7-9-14;/h5-9,13,15-16H,10-12,19H2,1-4H3;1H/t15-,16+;/m0./s1. The van der Waals surface area contributed by atoms with Gasteiger partial charge in [-0.25, -0.2) is 0 Å². The molecule has 0 saturated carbocycles. The smallest absolute Gasteiger partial charge is 0.228 e. The molecule has 1 aromatic carbocycles. The number of amides is 1. The molecule has 1 aliphatic heterocycles. The monoisotopic (exact) mass is 324 g/mol. The van der Waals surface area contributed by atoms with E-state index in [4.69, 9.17) is 5.73 Å². The molecule has 124 valence electrons. The summed E-state index contributed by atoms with van der Waals surface area (Å²) < 4.78 is 0. The zero-order chi connectivity index (χ0) is 15.6. The van der Waals surface area contributed by atoms with Gasteiger partial charge in [0.15, 0.2) is 0 Å². The molecular formula is C18H29ClN2O. The largest absolute Gasteiger partial charge is 0.340 e. The third kappa shape index (κ3) is 4.23. The Morgan fingerprint density at radius 2 is 1.86 bits per heavy atom. The number of hydrogen-bond donors (Lipinski definition) is 1. The zero-order valence-electron chi connectivity index (χ0n) is 14.1. The van der Waals surface area contributed by atoms with E-state index in [1.54, 1.807) is 0 Å². The molecule has 1 saturated heterocycles. The molecule has 4 heteroatoms. The van der Waals surface area contributed by atoms with Crippen LogP contribution in [-0.4, -0.2) is 29.9 Å². The van der Waals surface area contributed by atoms with Gasteiger partial charge in [0, 0.05) is 30.5 Å². The van der Waals surface area contributed by atoms with Crippen molar-refractivity contribution in [3.05, 3.63) is 35.9 Å². The summed E-state index contributed by atoms with van der Waals surface area (Å²) in [5, 5.41) is 0. The summed E-state index contributed by atoms with van der Waals surface area (Å²) in [5.41, 5.74) is 7.22. The van der Waals surface area contributed by atoms with E-state index in [-0.39, 0.29) is 35.7 Å². The number of nitrogens with two attached hydrogens (primary N) is 1. The second kappa shape index (κ2) is 7.47. The van der Waals surface area contributed by atoms with Crippen molar-refractivity contribution >= 4 is 18.3 Å². The molecule has 1 aromatic rings. The van der Waals surface area contributed by atoms with Crippen LogP contribution in [-0.2, 0) is 4.79 Å². The molecular weight excluding hydrogens is 296 g/mol. The number of hydrogen-bond acceptors (Lipinski definition) is 2. The third-order valence-corrected chi connectivity index (χ3v) is 4.38. The van der Waals surface area contributed by atoms with Crippen molar-refractivity contribution in [3.63, 3.8) is 0 Å². The molecule has 1 fully saturated rings. The Morgan fingerprint density at radius 1 is 1.27 bits per heavy atom. The predicted molar refractivity (Wildman–Crippen MR) is 94.2 cm³/mol. The maximum atomic E-state index is 12.8. The lowest BCUT2D eigenvalue weighted by Crippen LogP contribution is -2.41. The van der Waals surface area contributed by atoms with E-state index < -0.39 is 0 Å². The lowest BCUT2D eigenvalue weighted by Gasteiger charge is -2.30. The summed E-state index contributed by atoms with van der Waals surface area (Å²) in [6.45, 7) is 9.84. The predicted octanol–water partition coefficient (Wildman–Crippen LogP) is 3.43. The van der Waals surface area contributed by atoms with Crippen LogP contribution in [0.4, 0.5) is 0 Å². The highest BCUT2D eigenvalue weighted by Crippen LogP contribution is 2.33. The van der Waals surface area contributed by atoms with E-state index in [1.165, 1.54) is 5.56 Å². The van der Waals surface area contributed by atoms with Crippen LogP contribution in [0.5, 0.6) is 0 Å². The van der Waals surface area contributed by atoms with Crippen molar-refractivity contribution in [1.82, 2.24) is 4.90 Å². The van der Waals surface area contributed by atoms with Crippen LogP contribution in [0.3, 0.4) is 0 Å². The Bertz CT molecular complexity index is 487. The van der Waals surface area contributed by atoms with Crippen LogP contribution in [0.2, 0.25) is 0 Å². The van der Waals surface area contributed by atoms with Gasteiger partial charge in [-0.1, -0.05) is 58.0 Å². The van der Waals surface area contributed by atoms with Gasteiger partial charge < -0.3 is 10.6 Å². The normalized spacial score (nSPS) is 21.8. The molecule has 0 aromatic heterocycles. The quantitative estimate of drug-likeness (QED) is 0.922. The van der Waals surface area contributed by atoms with Crippen LogP contribution in [0.25, 0.3) is 0 Å². The van der Waals surface area contributed by atoms with E-state index in [1.807, 2.05) is 23.1 Å². The van der Waals surface area contributed by atoms with Crippen LogP contribution < -0.4 is 5.73 Å². The molecule has 1 heterocycles. The summed E-state index contributed by atoms with van der Waals surface area (Å²) in [5.74, 6) is 1.01. The number of benzene rings is 1. The number of nitrogens with zero attached hydrogens (tertiary/aromatic N) is 1.